The maximum absolute atomic E-state index is 12.3. The average molecular weight is 358 g/mol. The molecule has 7 heteroatoms. The van der Waals surface area contributed by atoms with Gasteiger partial charge in [-0.05, 0) is 24.1 Å². The van der Waals surface area contributed by atoms with E-state index in [1.165, 1.54) is 18.9 Å². The number of halogens is 1. The zero-order valence-corrected chi connectivity index (χ0v) is 14.5. The van der Waals surface area contributed by atoms with Crippen LogP contribution >= 0.6 is 23.4 Å². The maximum atomic E-state index is 12.3. The Kier molecular flexibility index (Phi) is 6.33. The predicted octanol–water partition coefficient (Wildman–Crippen LogP) is 2.52. The molecule has 0 saturated carbocycles. The van der Waals surface area contributed by atoms with Gasteiger partial charge in [-0.3, -0.25) is 9.59 Å². The number of hydrogen-bond donors (Lipinski definition) is 1. The minimum atomic E-state index is -0.967. The molecular formula is C16H20ClNO4S. The second kappa shape index (κ2) is 8.04. The Morgan fingerprint density at radius 3 is 2.70 bits per heavy atom. The van der Waals surface area contributed by atoms with Gasteiger partial charge in [0, 0.05) is 31.0 Å². The molecule has 0 bridgehead atoms. The van der Waals surface area contributed by atoms with Crippen LogP contribution in [0.25, 0.3) is 0 Å². The maximum Gasteiger partial charge on any atom is 0.313 e. The summed E-state index contributed by atoms with van der Waals surface area (Å²) in [5.74, 6) is 0.135. The van der Waals surface area contributed by atoms with Crippen molar-refractivity contribution in [1.29, 1.82) is 0 Å². The summed E-state index contributed by atoms with van der Waals surface area (Å²) >= 11 is 7.35. The number of thioether (sulfide) groups is 1. The number of benzene rings is 1. The first-order valence-electron chi connectivity index (χ1n) is 7.29. The number of nitrogens with zero attached hydrogens (tertiary/aromatic N) is 1. The van der Waals surface area contributed by atoms with Crippen LogP contribution < -0.4 is 0 Å². The standard InChI is InChI=1S/C16H20ClNO4S/c1-22-11-16(15(20)21)6-7-18(10-16)14(19)9-23-8-12-2-4-13(17)5-3-12/h2-5H,6-11H2,1H3,(H,20,21). The van der Waals surface area contributed by atoms with Gasteiger partial charge >= 0.3 is 5.97 Å². The van der Waals surface area contributed by atoms with E-state index >= 15 is 0 Å². The summed E-state index contributed by atoms with van der Waals surface area (Å²) in [4.78, 5) is 25.4. The highest BCUT2D eigenvalue weighted by Crippen LogP contribution is 2.31. The molecule has 1 saturated heterocycles. The number of amides is 1. The first-order valence-corrected chi connectivity index (χ1v) is 8.82. The van der Waals surface area contributed by atoms with E-state index in [0.717, 1.165) is 11.3 Å². The predicted molar refractivity (Wildman–Crippen MR) is 90.8 cm³/mol. The number of likely N-dealkylation sites (tertiary alicyclic amines) is 1. The molecular weight excluding hydrogens is 338 g/mol. The molecule has 1 aromatic carbocycles. The van der Waals surface area contributed by atoms with E-state index in [2.05, 4.69) is 0 Å². The van der Waals surface area contributed by atoms with Gasteiger partial charge in [-0.15, -0.1) is 11.8 Å². The van der Waals surface area contributed by atoms with Crippen molar-refractivity contribution in [2.24, 2.45) is 5.41 Å². The van der Waals surface area contributed by atoms with E-state index in [0.29, 0.717) is 23.7 Å². The van der Waals surface area contributed by atoms with Gasteiger partial charge in [-0.25, -0.2) is 0 Å². The summed E-state index contributed by atoms with van der Waals surface area (Å²) in [7, 11) is 1.48. The molecule has 2 rings (SSSR count). The number of carbonyl (C=O) groups is 2. The number of methoxy groups -OCH3 is 1. The molecule has 1 heterocycles. The van der Waals surface area contributed by atoms with E-state index < -0.39 is 11.4 Å². The smallest absolute Gasteiger partial charge is 0.313 e. The quantitative estimate of drug-likeness (QED) is 0.812. The SMILES string of the molecule is COCC1(C(=O)O)CCN(C(=O)CSCc2ccc(Cl)cc2)C1. The number of hydrogen-bond acceptors (Lipinski definition) is 4. The van der Waals surface area contributed by atoms with Crippen molar-refractivity contribution < 1.29 is 19.4 Å². The fourth-order valence-corrected chi connectivity index (χ4v) is 3.66. The molecule has 126 valence electrons. The third-order valence-corrected chi connectivity index (χ3v) is 5.23. The topological polar surface area (TPSA) is 66.8 Å². The van der Waals surface area contributed by atoms with Crippen molar-refractivity contribution in [3.8, 4) is 0 Å². The molecule has 0 radical (unpaired) electrons. The molecule has 0 aliphatic carbocycles. The zero-order valence-electron chi connectivity index (χ0n) is 13.0. The van der Waals surface area contributed by atoms with Crippen LogP contribution in [0.3, 0.4) is 0 Å². The second-order valence-corrected chi connectivity index (χ2v) is 7.13. The summed E-state index contributed by atoms with van der Waals surface area (Å²) in [6, 6.07) is 7.52. The van der Waals surface area contributed by atoms with E-state index in [1.807, 2.05) is 24.3 Å². The summed E-state index contributed by atoms with van der Waals surface area (Å²) in [5.41, 5.74) is 0.138. The average Bonchev–Trinajstić information content (AvgIpc) is 2.95. The number of ether oxygens (including phenoxy) is 1. The van der Waals surface area contributed by atoms with Crippen molar-refractivity contribution in [2.45, 2.75) is 12.2 Å². The van der Waals surface area contributed by atoms with Gasteiger partial charge < -0.3 is 14.7 Å². The Bertz CT molecular complexity index is 566. The van der Waals surface area contributed by atoms with Gasteiger partial charge in [0.25, 0.3) is 0 Å². The van der Waals surface area contributed by atoms with Crippen LogP contribution in [0.4, 0.5) is 0 Å². The highest BCUT2D eigenvalue weighted by Gasteiger charge is 2.46. The lowest BCUT2D eigenvalue weighted by Gasteiger charge is -2.23. The Morgan fingerprint density at radius 2 is 2.09 bits per heavy atom. The Hall–Kier alpha value is -1.24. The van der Waals surface area contributed by atoms with E-state index in [4.69, 9.17) is 16.3 Å². The summed E-state index contributed by atoms with van der Waals surface area (Å²) in [5, 5.41) is 10.1. The molecule has 1 aliphatic rings. The van der Waals surface area contributed by atoms with E-state index in [9.17, 15) is 14.7 Å². The van der Waals surface area contributed by atoms with E-state index in [1.54, 1.807) is 4.90 Å². The monoisotopic (exact) mass is 357 g/mol. The van der Waals surface area contributed by atoms with Gasteiger partial charge in [-0.1, -0.05) is 23.7 Å². The molecule has 0 spiro atoms. The minimum absolute atomic E-state index is 0.0248. The number of rotatable bonds is 7. The molecule has 1 atom stereocenters. The fraction of sp³-hybridized carbons (Fsp3) is 0.500. The lowest BCUT2D eigenvalue weighted by molar-refractivity contribution is -0.151. The largest absolute Gasteiger partial charge is 0.481 e. The third kappa shape index (κ3) is 4.62. The summed E-state index contributed by atoms with van der Waals surface area (Å²) in [6.07, 6.45) is 0.434. The normalized spacial score (nSPS) is 20.7. The van der Waals surface area contributed by atoms with Gasteiger partial charge in [0.1, 0.15) is 5.41 Å². The van der Waals surface area contributed by atoms with Gasteiger partial charge in [-0.2, -0.15) is 0 Å². The van der Waals surface area contributed by atoms with E-state index in [-0.39, 0.29) is 19.1 Å². The van der Waals surface area contributed by atoms with Crippen molar-refractivity contribution in [3.05, 3.63) is 34.9 Å². The second-order valence-electron chi connectivity index (χ2n) is 5.70. The van der Waals surface area contributed by atoms with Crippen molar-refractivity contribution >= 4 is 35.2 Å². The Labute approximate surface area is 144 Å². The molecule has 1 amide bonds. The first kappa shape index (κ1) is 18.1. The Balaban J connectivity index is 1.82. The highest BCUT2D eigenvalue weighted by molar-refractivity contribution is 7.99. The highest BCUT2D eigenvalue weighted by atomic mass is 35.5. The minimum Gasteiger partial charge on any atom is -0.481 e. The van der Waals surface area contributed by atoms with Crippen molar-refractivity contribution in [2.75, 3.05) is 32.6 Å². The Morgan fingerprint density at radius 1 is 1.39 bits per heavy atom. The molecule has 1 N–H and O–H groups in total. The zero-order chi connectivity index (χ0) is 16.9. The number of carbonyl (C=O) groups excluding carboxylic acids is 1. The molecule has 5 nitrogen and oxygen atoms in total. The molecule has 0 aromatic heterocycles. The van der Waals surface area contributed by atoms with Crippen LogP contribution in [0.1, 0.15) is 12.0 Å². The lowest BCUT2D eigenvalue weighted by Crippen LogP contribution is -2.40. The van der Waals surface area contributed by atoms with Crippen LogP contribution in [0, 0.1) is 5.41 Å². The van der Waals surface area contributed by atoms with Gasteiger partial charge in [0.15, 0.2) is 0 Å². The van der Waals surface area contributed by atoms with Crippen LogP contribution in [0.5, 0.6) is 0 Å². The summed E-state index contributed by atoms with van der Waals surface area (Å²) < 4.78 is 5.03. The van der Waals surface area contributed by atoms with Crippen LogP contribution in [-0.2, 0) is 20.1 Å². The lowest BCUT2D eigenvalue weighted by atomic mass is 9.88. The number of aliphatic carboxylic acids is 1. The van der Waals surface area contributed by atoms with Crippen LogP contribution in [0.15, 0.2) is 24.3 Å². The first-order chi connectivity index (χ1) is 11.0. The number of carboxylic acid groups (broad SMARTS) is 1. The van der Waals surface area contributed by atoms with Gasteiger partial charge in [0.05, 0.1) is 12.4 Å². The third-order valence-electron chi connectivity index (χ3n) is 3.99. The molecule has 23 heavy (non-hydrogen) atoms. The molecule has 1 unspecified atom stereocenters. The van der Waals surface area contributed by atoms with Crippen molar-refractivity contribution in [3.63, 3.8) is 0 Å². The molecule has 1 aliphatic heterocycles. The number of carboxylic acids is 1. The van der Waals surface area contributed by atoms with Gasteiger partial charge in [0.2, 0.25) is 5.91 Å². The molecule has 1 aromatic rings. The summed E-state index contributed by atoms with van der Waals surface area (Å²) in [6.45, 7) is 0.816. The van der Waals surface area contributed by atoms with Crippen LogP contribution in [-0.4, -0.2) is 54.4 Å². The van der Waals surface area contributed by atoms with Crippen LogP contribution in [0.2, 0.25) is 5.02 Å². The fourth-order valence-electron chi connectivity index (χ4n) is 2.64. The molecule has 1 fully saturated rings. The van der Waals surface area contributed by atoms with Crippen molar-refractivity contribution in [1.82, 2.24) is 4.90 Å².